The van der Waals surface area contributed by atoms with E-state index in [1.54, 1.807) is 29.2 Å². The van der Waals surface area contributed by atoms with Crippen LogP contribution in [0.2, 0.25) is 0 Å². The summed E-state index contributed by atoms with van der Waals surface area (Å²) >= 11 is 0. The van der Waals surface area contributed by atoms with E-state index in [9.17, 15) is 9.59 Å². The van der Waals surface area contributed by atoms with Crippen molar-refractivity contribution in [2.24, 2.45) is 0 Å². The molecule has 1 aromatic heterocycles. The van der Waals surface area contributed by atoms with E-state index >= 15 is 0 Å². The summed E-state index contributed by atoms with van der Waals surface area (Å²) in [5.41, 5.74) is 1.47. The number of carbonyl (C=O) groups is 2. The summed E-state index contributed by atoms with van der Waals surface area (Å²) in [6.07, 6.45) is 3.05. The molecule has 0 atom stereocenters. The molecule has 0 bridgehead atoms. The van der Waals surface area contributed by atoms with Gasteiger partial charge in [-0.15, -0.1) is 0 Å². The maximum Gasteiger partial charge on any atom is 0.294 e. The molecule has 1 N–H and O–H groups in total. The van der Waals surface area contributed by atoms with Crippen LogP contribution in [0.25, 0.3) is 0 Å². The van der Waals surface area contributed by atoms with Gasteiger partial charge in [0.05, 0.1) is 6.26 Å². The van der Waals surface area contributed by atoms with Crippen LogP contribution in [0.5, 0.6) is 0 Å². The highest BCUT2D eigenvalue weighted by Gasteiger charge is 2.29. The Morgan fingerprint density at radius 2 is 1.83 bits per heavy atom. The van der Waals surface area contributed by atoms with Crippen LogP contribution >= 0.6 is 0 Å². The number of nitrogens with one attached hydrogen (secondary N) is 1. The third-order valence-electron chi connectivity index (χ3n) is 3.97. The van der Waals surface area contributed by atoms with Gasteiger partial charge >= 0.3 is 0 Å². The predicted molar refractivity (Wildman–Crippen MR) is 90.1 cm³/mol. The summed E-state index contributed by atoms with van der Waals surface area (Å²) in [5, 5.41) is 2.73. The van der Waals surface area contributed by atoms with Gasteiger partial charge in [-0.05, 0) is 49.2 Å². The number of carbonyl (C=O) groups excluding carboxylic acids is 2. The normalized spacial score (nSPS) is 15.0. The summed E-state index contributed by atoms with van der Waals surface area (Å²) < 4.78 is 10.7. The molecule has 6 heteroatoms. The van der Waals surface area contributed by atoms with Crippen molar-refractivity contribution in [3.63, 3.8) is 0 Å². The molecule has 0 saturated carbocycles. The maximum atomic E-state index is 12.9. The molecular formula is C18H20N2O4. The highest BCUT2D eigenvalue weighted by Crippen LogP contribution is 2.26. The largest absolute Gasteiger partial charge is 0.459 e. The van der Waals surface area contributed by atoms with E-state index in [2.05, 4.69) is 5.32 Å². The van der Waals surface area contributed by atoms with Gasteiger partial charge in [0.15, 0.2) is 5.76 Å². The van der Waals surface area contributed by atoms with Crippen LogP contribution in [0, 0.1) is 0 Å². The average molecular weight is 328 g/mol. The lowest BCUT2D eigenvalue weighted by atomic mass is 10.1. The molecule has 1 fully saturated rings. The highest BCUT2D eigenvalue weighted by atomic mass is 16.5. The molecule has 1 aliphatic rings. The van der Waals surface area contributed by atoms with Gasteiger partial charge in [0.25, 0.3) is 5.91 Å². The SMILES string of the molecule is CC(=O)Nc1ccc(N(C(=O)c2ccco2)C2CCOCC2)cc1. The molecule has 1 saturated heterocycles. The van der Waals surface area contributed by atoms with Gasteiger partial charge in [-0.2, -0.15) is 0 Å². The van der Waals surface area contributed by atoms with E-state index in [0.29, 0.717) is 24.7 Å². The van der Waals surface area contributed by atoms with Crippen LogP contribution in [-0.4, -0.2) is 31.1 Å². The molecule has 0 radical (unpaired) electrons. The lowest BCUT2D eigenvalue weighted by Crippen LogP contribution is -2.43. The van der Waals surface area contributed by atoms with Crippen LogP contribution in [0.4, 0.5) is 11.4 Å². The Morgan fingerprint density at radius 3 is 2.42 bits per heavy atom. The minimum atomic E-state index is -0.167. The number of furan rings is 1. The molecule has 1 aliphatic heterocycles. The Balaban J connectivity index is 1.88. The lowest BCUT2D eigenvalue weighted by molar-refractivity contribution is -0.114. The van der Waals surface area contributed by atoms with E-state index < -0.39 is 0 Å². The van der Waals surface area contributed by atoms with Crippen molar-refractivity contribution < 1.29 is 18.7 Å². The fourth-order valence-electron chi connectivity index (χ4n) is 2.86. The molecule has 0 spiro atoms. The van der Waals surface area contributed by atoms with Crippen LogP contribution in [0.3, 0.4) is 0 Å². The van der Waals surface area contributed by atoms with Gasteiger partial charge < -0.3 is 19.4 Å². The van der Waals surface area contributed by atoms with Crippen molar-refractivity contribution in [1.82, 2.24) is 0 Å². The fraction of sp³-hybridized carbons (Fsp3) is 0.333. The smallest absolute Gasteiger partial charge is 0.294 e. The van der Waals surface area contributed by atoms with Gasteiger partial charge in [-0.1, -0.05) is 0 Å². The first-order valence-corrected chi connectivity index (χ1v) is 7.97. The number of hydrogen-bond donors (Lipinski definition) is 1. The number of rotatable bonds is 4. The van der Waals surface area contributed by atoms with Crippen LogP contribution in [0.15, 0.2) is 47.1 Å². The van der Waals surface area contributed by atoms with Crippen LogP contribution in [0.1, 0.15) is 30.3 Å². The van der Waals surface area contributed by atoms with Crippen molar-refractivity contribution in [2.45, 2.75) is 25.8 Å². The fourth-order valence-corrected chi connectivity index (χ4v) is 2.86. The summed E-state index contributed by atoms with van der Waals surface area (Å²) in [6, 6.07) is 10.7. The zero-order valence-corrected chi connectivity index (χ0v) is 13.5. The molecule has 2 heterocycles. The first-order valence-electron chi connectivity index (χ1n) is 7.97. The van der Waals surface area contributed by atoms with E-state index in [4.69, 9.17) is 9.15 Å². The zero-order valence-electron chi connectivity index (χ0n) is 13.5. The number of hydrogen-bond acceptors (Lipinski definition) is 4. The van der Waals surface area contributed by atoms with Crippen molar-refractivity contribution in [3.8, 4) is 0 Å². The van der Waals surface area contributed by atoms with E-state index in [-0.39, 0.29) is 17.9 Å². The van der Waals surface area contributed by atoms with Gasteiger partial charge in [0.2, 0.25) is 5.91 Å². The second-order valence-electron chi connectivity index (χ2n) is 5.72. The Bertz CT molecular complexity index is 688. The predicted octanol–water partition coefficient (Wildman–Crippen LogP) is 3.06. The molecule has 0 unspecified atom stereocenters. The Kier molecular flexibility index (Phi) is 4.96. The number of amides is 2. The average Bonchev–Trinajstić information content (AvgIpc) is 3.12. The summed E-state index contributed by atoms with van der Waals surface area (Å²) in [4.78, 5) is 25.8. The quantitative estimate of drug-likeness (QED) is 0.936. The second-order valence-corrected chi connectivity index (χ2v) is 5.72. The molecule has 6 nitrogen and oxygen atoms in total. The van der Waals surface area contributed by atoms with Crippen molar-refractivity contribution >= 4 is 23.2 Å². The molecule has 24 heavy (non-hydrogen) atoms. The van der Waals surface area contributed by atoms with Gasteiger partial charge in [-0.25, -0.2) is 0 Å². The van der Waals surface area contributed by atoms with E-state index in [0.717, 1.165) is 18.5 Å². The van der Waals surface area contributed by atoms with Gasteiger partial charge in [0, 0.05) is 37.6 Å². The van der Waals surface area contributed by atoms with E-state index in [1.807, 2.05) is 12.1 Å². The Labute approximate surface area is 140 Å². The first kappa shape index (κ1) is 16.3. The molecular weight excluding hydrogens is 308 g/mol. The Morgan fingerprint density at radius 1 is 1.12 bits per heavy atom. The highest BCUT2D eigenvalue weighted by molar-refractivity contribution is 6.04. The molecule has 2 amide bonds. The third kappa shape index (κ3) is 3.65. The summed E-state index contributed by atoms with van der Waals surface area (Å²) in [6.45, 7) is 2.73. The molecule has 3 rings (SSSR count). The molecule has 1 aromatic carbocycles. The van der Waals surface area contributed by atoms with Gasteiger partial charge in [0.1, 0.15) is 0 Å². The first-order chi connectivity index (χ1) is 11.6. The third-order valence-corrected chi connectivity index (χ3v) is 3.97. The lowest BCUT2D eigenvalue weighted by Gasteiger charge is -2.34. The van der Waals surface area contributed by atoms with Crippen molar-refractivity contribution in [3.05, 3.63) is 48.4 Å². The monoisotopic (exact) mass is 328 g/mol. The van der Waals surface area contributed by atoms with Crippen LogP contribution in [-0.2, 0) is 9.53 Å². The molecule has 126 valence electrons. The molecule has 2 aromatic rings. The molecule has 0 aliphatic carbocycles. The minimum Gasteiger partial charge on any atom is -0.459 e. The minimum absolute atomic E-state index is 0.0583. The Hall–Kier alpha value is -2.60. The van der Waals surface area contributed by atoms with E-state index in [1.165, 1.54) is 13.2 Å². The summed E-state index contributed by atoms with van der Waals surface area (Å²) in [7, 11) is 0. The summed E-state index contributed by atoms with van der Waals surface area (Å²) in [5.74, 6) is 0.0160. The van der Waals surface area contributed by atoms with Gasteiger partial charge in [-0.3, -0.25) is 9.59 Å². The maximum absolute atomic E-state index is 12.9. The number of ether oxygens (including phenoxy) is 1. The number of benzene rings is 1. The number of anilines is 2. The standard InChI is InChI=1S/C18H20N2O4/c1-13(21)19-14-4-6-15(7-5-14)20(16-8-11-23-12-9-16)18(22)17-3-2-10-24-17/h2-7,10,16H,8-9,11-12H2,1H3,(H,19,21). The number of nitrogens with zero attached hydrogens (tertiary/aromatic N) is 1. The van der Waals surface area contributed by atoms with Crippen LogP contribution < -0.4 is 10.2 Å². The topological polar surface area (TPSA) is 71.8 Å². The zero-order chi connectivity index (χ0) is 16.9. The van der Waals surface area contributed by atoms with Crippen molar-refractivity contribution in [2.75, 3.05) is 23.4 Å². The van der Waals surface area contributed by atoms with Crippen molar-refractivity contribution in [1.29, 1.82) is 0 Å². The second kappa shape index (κ2) is 7.31.